The van der Waals surface area contributed by atoms with Gasteiger partial charge in [0, 0.05) is 65.8 Å². The van der Waals surface area contributed by atoms with E-state index < -0.39 is 0 Å². The van der Waals surface area contributed by atoms with Crippen molar-refractivity contribution in [2.75, 3.05) is 0 Å². The number of hydrogen-bond acceptors (Lipinski definition) is 0. The van der Waals surface area contributed by atoms with E-state index in [-0.39, 0.29) is 0 Å². The highest BCUT2D eigenvalue weighted by Crippen LogP contribution is 2.45. The predicted molar refractivity (Wildman–Crippen MR) is 313 cm³/mol. The standard InChI is InChI=1S/C70H46N4/c1-3-19-51(20-4-1)71-63-31-13-9-27-59(63)67-65(71)39-37-57-55-25-7-11-29-61(55)73(69(57)67)53-23-15-17-45(43-53)47-33-35-50-42-48(34-36-49(50)41-47)46-18-16-24-54(44-46)74-62-30-12-8-26-56(62)58-38-40-66-68(70(58)74)60-28-10-14-32-64(60)72(66)52-21-5-2-6-22-52/h1-5,7-21,23-44H,6,22H2. The van der Waals surface area contributed by atoms with Crippen LogP contribution in [0.2, 0.25) is 0 Å². The third-order valence-electron chi connectivity index (χ3n) is 15.9. The van der Waals surface area contributed by atoms with Crippen molar-refractivity contribution < 1.29 is 0 Å². The van der Waals surface area contributed by atoms with Gasteiger partial charge >= 0.3 is 0 Å². The zero-order valence-corrected chi connectivity index (χ0v) is 40.5. The van der Waals surface area contributed by atoms with Crippen LogP contribution in [0, 0.1) is 0 Å². The smallest absolute Gasteiger partial charge is 0.0641 e. The molecule has 1 aliphatic carbocycles. The first kappa shape index (κ1) is 41.0. The first-order valence-electron chi connectivity index (χ1n) is 25.8. The summed E-state index contributed by atoms with van der Waals surface area (Å²) in [7, 11) is 0. The number of hydrogen-bond donors (Lipinski definition) is 0. The summed E-state index contributed by atoms with van der Waals surface area (Å²) >= 11 is 0. The molecule has 1 aliphatic rings. The van der Waals surface area contributed by atoms with Crippen LogP contribution in [0.15, 0.2) is 255 Å². The van der Waals surface area contributed by atoms with Crippen molar-refractivity contribution in [2.45, 2.75) is 12.8 Å². The average Bonchev–Trinajstić information content (AvgIpc) is 4.21. The van der Waals surface area contributed by atoms with E-state index in [9.17, 15) is 0 Å². The normalized spacial score (nSPS) is 13.1. The molecule has 74 heavy (non-hydrogen) atoms. The molecule has 0 saturated heterocycles. The van der Waals surface area contributed by atoms with Crippen molar-refractivity contribution in [3.05, 3.63) is 255 Å². The monoisotopic (exact) mass is 942 g/mol. The molecule has 0 bridgehead atoms. The first-order chi connectivity index (χ1) is 36.7. The molecular weight excluding hydrogens is 897 g/mol. The van der Waals surface area contributed by atoms with Gasteiger partial charge in [-0.3, -0.25) is 0 Å². The van der Waals surface area contributed by atoms with Gasteiger partial charge in [-0.05, 0) is 137 Å². The predicted octanol–water partition coefficient (Wildman–Crippen LogP) is 18.8. The molecule has 0 saturated carbocycles. The van der Waals surface area contributed by atoms with Gasteiger partial charge in [0.15, 0.2) is 0 Å². The molecular formula is C70H46N4. The molecule has 4 heterocycles. The van der Waals surface area contributed by atoms with Gasteiger partial charge < -0.3 is 18.3 Å². The maximum atomic E-state index is 2.51. The number of aromatic nitrogens is 4. The third-order valence-corrected chi connectivity index (χ3v) is 15.9. The van der Waals surface area contributed by atoms with E-state index in [1.165, 1.54) is 126 Å². The molecule has 11 aromatic carbocycles. The minimum Gasteiger partial charge on any atom is -0.313 e. The van der Waals surface area contributed by atoms with Crippen LogP contribution in [0.5, 0.6) is 0 Å². The van der Waals surface area contributed by atoms with Crippen LogP contribution in [0.1, 0.15) is 12.8 Å². The van der Waals surface area contributed by atoms with E-state index in [0.717, 1.165) is 29.9 Å². The Bertz CT molecular complexity index is 4890. The number of para-hydroxylation sites is 5. The molecule has 4 heteroatoms. The number of fused-ring (bicyclic) bond motifs is 15. The van der Waals surface area contributed by atoms with Crippen LogP contribution in [-0.4, -0.2) is 18.3 Å². The Morgan fingerprint density at radius 3 is 1.26 bits per heavy atom. The van der Waals surface area contributed by atoms with Crippen LogP contribution < -0.4 is 0 Å². The highest BCUT2D eigenvalue weighted by atomic mass is 15.0. The zero-order chi connectivity index (χ0) is 48.4. The van der Waals surface area contributed by atoms with Crippen LogP contribution in [0.3, 0.4) is 0 Å². The van der Waals surface area contributed by atoms with Crippen LogP contribution >= 0.6 is 0 Å². The maximum Gasteiger partial charge on any atom is 0.0641 e. The summed E-state index contributed by atoms with van der Waals surface area (Å²) in [6.07, 6.45) is 8.84. The van der Waals surface area contributed by atoms with Crippen molar-refractivity contribution in [2.24, 2.45) is 0 Å². The Morgan fingerprint density at radius 1 is 0.284 bits per heavy atom. The Morgan fingerprint density at radius 2 is 0.730 bits per heavy atom. The molecule has 346 valence electrons. The molecule has 0 spiro atoms. The SMILES string of the molecule is C1=CCCC(n2c3ccccc3c3c2ccc2c4ccccc4n(-c4cccc(-c5ccc6cc(-c7cccc(-n8c9ccccc9c9ccc%10c(c%11ccccc%11n%10-c%10ccccc%10)c98)c7)ccc6c5)c4)c23)=C1. The Labute approximate surface area is 426 Å². The summed E-state index contributed by atoms with van der Waals surface area (Å²) in [6.45, 7) is 0. The number of rotatable bonds is 6. The second-order valence-electron chi connectivity index (χ2n) is 20.0. The van der Waals surface area contributed by atoms with Gasteiger partial charge in [0.25, 0.3) is 0 Å². The highest BCUT2D eigenvalue weighted by Gasteiger charge is 2.23. The fourth-order valence-corrected chi connectivity index (χ4v) is 12.7. The minimum atomic E-state index is 1.02. The second-order valence-corrected chi connectivity index (χ2v) is 20.0. The van der Waals surface area contributed by atoms with Gasteiger partial charge in [-0.2, -0.15) is 0 Å². The van der Waals surface area contributed by atoms with Crippen LogP contribution in [0.25, 0.3) is 143 Å². The lowest BCUT2D eigenvalue weighted by Crippen LogP contribution is -1.99. The zero-order valence-electron chi connectivity index (χ0n) is 40.5. The summed E-state index contributed by atoms with van der Waals surface area (Å²) < 4.78 is 9.91. The lowest BCUT2D eigenvalue weighted by molar-refractivity contribution is 0.979. The second kappa shape index (κ2) is 15.9. The molecule has 0 unspecified atom stereocenters. The number of benzene rings is 11. The van der Waals surface area contributed by atoms with Crippen molar-refractivity contribution in [3.8, 4) is 39.3 Å². The molecule has 15 aromatic rings. The number of allylic oxidation sites excluding steroid dienone is 4. The van der Waals surface area contributed by atoms with Gasteiger partial charge in [-0.1, -0.05) is 164 Å². The lowest BCUT2D eigenvalue weighted by Gasteiger charge is -2.14. The Kier molecular flexibility index (Phi) is 8.83. The summed E-state index contributed by atoms with van der Waals surface area (Å²) in [4.78, 5) is 0. The van der Waals surface area contributed by atoms with E-state index in [4.69, 9.17) is 0 Å². The molecule has 0 aliphatic heterocycles. The molecule has 0 amide bonds. The molecule has 0 fully saturated rings. The first-order valence-corrected chi connectivity index (χ1v) is 25.8. The highest BCUT2D eigenvalue weighted by molar-refractivity contribution is 6.28. The van der Waals surface area contributed by atoms with E-state index in [1.54, 1.807) is 0 Å². The average molecular weight is 943 g/mol. The largest absolute Gasteiger partial charge is 0.313 e. The molecule has 0 radical (unpaired) electrons. The van der Waals surface area contributed by atoms with Crippen LogP contribution in [-0.2, 0) is 0 Å². The molecule has 0 N–H and O–H groups in total. The molecule has 4 nitrogen and oxygen atoms in total. The lowest BCUT2D eigenvalue weighted by atomic mass is 9.97. The Hall–Kier alpha value is -9.64. The fraction of sp³-hybridized carbons (Fsp3) is 0.0286. The summed E-state index contributed by atoms with van der Waals surface area (Å²) in [6, 6.07) is 87.7. The van der Waals surface area contributed by atoms with Crippen LogP contribution in [0.4, 0.5) is 0 Å². The van der Waals surface area contributed by atoms with Crippen molar-refractivity contribution in [1.82, 2.24) is 18.3 Å². The summed E-state index contributed by atoms with van der Waals surface area (Å²) in [5.74, 6) is 0. The van der Waals surface area contributed by atoms with E-state index >= 15 is 0 Å². The molecule has 4 aromatic heterocycles. The Balaban J connectivity index is 0.809. The third kappa shape index (κ3) is 5.97. The van der Waals surface area contributed by atoms with Crippen molar-refractivity contribution in [1.29, 1.82) is 0 Å². The fourth-order valence-electron chi connectivity index (χ4n) is 12.7. The minimum absolute atomic E-state index is 1.02. The number of nitrogens with zero attached hydrogens (tertiary/aromatic N) is 4. The molecule has 16 rings (SSSR count). The summed E-state index contributed by atoms with van der Waals surface area (Å²) in [5, 5.41) is 12.5. The van der Waals surface area contributed by atoms with E-state index in [1.807, 2.05) is 0 Å². The van der Waals surface area contributed by atoms with Crippen molar-refractivity contribution in [3.63, 3.8) is 0 Å². The van der Waals surface area contributed by atoms with Gasteiger partial charge in [-0.25, -0.2) is 0 Å². The maximum absolute atomic E-state index is 2.51. The molecule has 0 atom stereocenters. The van der Waals surface area contributed by atoms with Gasteiger partial charge in [-0.15, -0.1) is 0 Å². The topological polar surface area (TPSA) is 19.7 Å². The van der Waals surface area contributed by atoms with Gasteiger partial charge in [0.1, 0.15) is 0 Å². The summed E-state index contributed by atoms with van der Waals surface area (Å²) in [5.41, 5.74) is 19.3. The van der Waals surface area contributed by atoms with Gasteiger partial charge in [0.2, 0.25) is 0 Å². The quantitative estimate of drug-likeness (QED) is 0.158. The van der Waals surface area contributed by atoms with Crippen molar-refractivity contribution >= 4 is 104 Å². The van der Waals surface area contributed by atoms with E-state index in [2.05, 4.69) is 273 Å². The van der Waals surface area contributed by atoms with Gasteiger partial charge in [0.05, 0.1) is 44.1 Å². The van der Waals surface area contributed by atoms with E-state index in [0.29, 0.717) is 0 Å².